The van der Waals surface area contributed by atoms with Crippen LogP contribution in [0, 0.1) is 0 Å². The van der Waals surface area contributed by atoms with Crippen molar-refractivity contribution in [2.75, 3.05) is 17.8 Å². The van der Waals surface area contributed by atoms with Crippen molar-refractivity contribution in [2.45, 2.75) is 19.9 Å². The highest BCUT2D eigenvalue weighted by Crippen LogP contribution is 2.61. The summed E-state index contributed by atoms with van der Waals surface area (Å²) >= 11 is 0. The van der Waals surface area contributed by atoms with Gasteiger partial charge in [-0.3, -0.25) is 5.01 Å². The van der Waals surface area contributed by atoms with Gasteiger partial charge in [-0.2, -0.15) is 0 Å². The summed E-state index contributed by atoms with van der Waals surface area (Å²) in [5.41, 5.74) is 1.51. The highest BCUT2D eigenvalue weighted by molar-refractivity contribution is 8.05. The largest absolute Gasteiger partial charge is 0.459 e. The molecule has 4 nitrogen and oxygen atoms in total. The Morgan fingerprint density at radius 3 is 1.93 bits per heavy atom. The summed E-state index contributed by atoms with van der Waals surface area (Å²) in [6, 6.07) is 30.8. The molecule has 1 atom stereocenters. The fourth-order valence-corrected chi connectivity index (χ4v) is 8.41. The summed E-state index contributed by atoms with van der Waals surface area (Å²) in [5, 5.41) is 9.26. The maximum atomic E-state index is 13.3. The minimum Gasteiger partial charge on any atom is -0.459 e. The molecule has 0 aromatic heterocycles. The van der Waals surface area contributed by atoms with Gasteiger partial charge in [0.2, 0.25) is 0 Å². The van der Waals surface area contributed by atoms with Crippen LogP contribution in [-0.4, -0.2) is 30.2 Å². The van der Waals surface area contributed by atoms with Crippen molar-refractivity contribution < 1.29 is 9.53 Å². The van der Waals surface area contributed by atoms with E-state index in [1.165, 1.54) is 0 Å². The van der Waals surface area contributed by atoms with E-state index in [1.807, 2.05) is 78.7 Å². The molecule has 0 saturated heterocycles. The van der Waals surface area contributed by atoms with Gasteiger partial charge in [-0.1, -0.05) is 54.6 Å². The fraction of sp³-hybridized carbons (Fsp3) is 0.200. The molecule has 3 aromatic carbocycles. The van der Waals surface area contributed by atoms with Crippen LogP contribution in [0.15, 0.2) is 96.1 Å². The molecule has 3 aromatic rings. The molecule has 0 amide bonds. The van der Waals surface area contributed by atoms with Crippen molar-refractivity contribution in [3.8, 4) is 0 Å². The molecule has 1 unspecified atom stereocenters. The number of carbonyl (C=O) groups is 1. The van der Waals surface area contributed by atoms with Crippen LogP contribution in [-0.2, 0) is 9.53 Å². The maximum Gasteiger partial charge on any atom is 0.396 e. The van der Waals surface area contributed by atoms with E-state index in [1.54, 1.807) is 0 Å². The number of hydrogen-bond acceptors (Lipinski definition) is 4. The first-order chi connectivity index (χ1) is 14.7. The predicted molar refractivity (Wildman–Crippen MR) is 126 cm³/mol. The average Bonchev–Trinajstić information content (AvgIpc) is 2.80. The molecule has 0 aliphatic carbocycles. The second-order valence-electron chi connectivity index (χ2n) is 7.34. The van der Waals surface area contributed by atoms with Gasteiger partial charge in [-0.05, 0) is 50.2 Å². The molecule has 0 fully saturated rings. The number of hydrazone groups is 1. The summed E-state index contributed by atoms with van der Waals surface area (Å²) in [6.45, 7) is 4.34. The van der Waals surface area contributed by atoms with Gasteiger partial charge in [0.15, 0.2) is 0 Å². The van der Waals surface area contributed by atoms with E-state index in [9.17, 15) is 4.79 Å². The van der Waals surface area contributed by atoms with E-state index in [-0.39, 0.29) is 12.0 Å². The van der Waals surface area contributed by atoms with Gasteiger partial charge in [0.25, 0.3) is 5.45 Å². The first kappa shape index (κ1) is 20.3. The number of rotatable bonds is 5. The van der Waals surface area contributed by atoms with Crippen LogP contribution in [0.2, 0.25) is 0 Å². The van der Waals surface area contributed by atoms with E-state index in [2.05, 4.69) is 31.2 Å². The molecule has 0 N–H and O–H groups in total. The average molecular weight is 417 g/mol. The highest BCUT2D eigenvalue weighted by atomic mass is 31.2. The molecule has 0 spiro atoms. The summed E-state index contributed by atoms with van der Waals surface area (Å²) in [4.78, 5) is 13.3. The number of hydrogen-bond donors (Lipinski definition) is 0. The number of anilines is 1. The number of ether oxygens (including phenoxy) is 1. The van der Waals surface area contributed by atoms with E-state index in [0.717, 1.165) is 22.5 Å². The summed E-state index contributed by atoms with van der Waals surface area (Å²) < 4.78 is 5.53. The van der Waals surface area contributed by atoms with Gasteiger partial charge in [-0.25, -0.2) is 4.79 Å². The number of esters is 1. The lowest BCUT2D eigenvalue weighted by Gasteiger charge is -2.38. The SMILES string of the molecule is CCOC(=O)C1=NN(c2ccccc2)C(C)C[P+]1(c1ccccc1)c1ccccc1. The molecule has 1 heterocycles. The normalized spacial score (nSPS) is 17.9. The van der Waals surface area contributed by atoms with Crippen LogP contribution >= 0.6 is 7.26 Å². The molecule has 30 heavy (non-hydrogen) atoms. The lowest BCUT2D eigenvalue weighted by molar-refractivity contribution is -0.134. The molecular weight excluding hydrogens is 391 g/mol. The molecule has 0 saturated carbocycles. The summed E-state index contributed by atoms with van der Waals surface area (Å²) in [7, 11) is -2.27. The number of para-hydroxylation sites is 1. The molecule has 0 bridgehead atoms. The van der Waals surface area contributed by atoms with Gasteiger partial charge in [0.05, 0.1) is 24.5 Å². The number of nitrogens with zero attached hydrogens (tertiary/aromatic N) is 2. The fourth-order valence-electron chi connectivity index (χ4n) is 4.09. The minimum absolute atomic E-state index is 0.124. The Morgan fingerprint density at radius 1 is 0.933 bits per heavy atom. The number of carbonyl (C=O) groups excluding carboxylic acids is 1. The van der Waals surface area contributed by atoms with Crippen molar-refractivity contribution in [1.82, 2.24) is 0 Å². The zero-order valence-electron chi connectivity index (χ0n) is 17.3. The third kappa shape index (κ3) is 3.64. The van der Waals surface area contributed by atoms with Crippen molar-refractivity contribution in [1.29, 1.82) is 0 Å². The first-order valence-electron chi connectivity index (χ1n) is 10.3. The van der Waals surface area contributed by atoms with Crippen LogP contribution in [0.1, 0.15) is 13.8 Å². The molecule has 5 heteroatoms. The predicted octanol–water partition coefficient (Wildman–Crippen LogP) is 4.44. The molecule has 1 aliphatic rings. The Kier molecular flexibility index (Phi) is 5.96. The maximum absolute atomic E-state index is 13.3. The topological polar surface area (TPSA) is 41.9 Å². The monoisotopic (exact) mass is 417 g/mol. The van der Waals surface area contributed by atoms with Gasteiger partial charge in [0.1, 0.15) is 17.9 Å². The van der Waals surface area contributed by atoms with Crippen LogP contribution in [0.5, 0.6) is 0 Å². The van der Waals surface area contributed by atoms with Crippen LogP contribution in [0.3, 0.4) is 0 Å². The molecular formula is C25H26N2O2P+. The van der Waals surface area contributed by atoms with Crippen LogP contribution in [0.25, 0.3) is 0 Å². The van der Waals surface area contributed by atoms with Crippen LogP contribution in [0.4, 0.5) is 5.69 Å². The van der Waals surface area contributed by atoms with Crippen molar-refractivity contribution in [3.63, 3.8) is 0 Å². The highest BCUT2D eigenvalue weighted by Gasteiger charge is 2.57. The standard InChI is InChI=1S/C25H26N2O2P/c1-3-29-25(28)24-26-27(21-13-7-4-8-14-21)20(2)19-30(24,22-15-9-5-10-16-22)23-17-11-6-12-18-23/h4-18,20H,3,19H2,1-2H3/q+1. The van der Waals surface area contributed by atoms with E-state index < -0.39 is 7.26 Å². The van der Waals surface area contributed by atoms with Crippen molar-refractivity contribution >= 4 is 35.0 Å². The van der Waals surface area contributed by atoms with E-state index >= 15 is 0 Å². The zero-order chi connectivity index (χ0) is 21.0. The van der Waals surface area contributed by atoms with Gasteiger partial charge in [0, 0.05) is 0 Å². The summed E-state index contributed by atoms with van der Waals surface area (Å²) in [6.07, 6.45) is 0.813. The smallest absolute Gasteiger partial charge is 0.396 e. The molecule has 1 aliphatic heterocycles. The number of benzene rings is 3. The van der Waals surface area contributed by atoms with Crippen LogP contribution < -0.4 is 15.6 Å². The lowest BCUT2D eigenvalue weighted by Crippen LogP contribution is -2.47. The van der Waals surface area contributed by atoms with E-state index in [0.29, 0.717) is 12.1 Å². The van der Waals surface area contributed by atoms with Gasteiger partial charge >= 0.3 is 5.97 Å². The van der Waals surface area contributed by atoms with Crippen molar-refractivity contribution in [3.05, 3.63) is 91.0 Å². The first-order valence-corrected chi connectivity index (χ1v) is 12.2. The summed E-state index contributed by atoms with van der Waals surface area (Å²) in [5.74, 6) is -0.327. The Morgan fingerprint density at radius 2 is 1.43 bits per heavy atom. The van der Waals surface area contributed by atoms with Gasteiger partial charge in [-0.15, -0.1) is 5.10 Å². The zero-order valence-corrected chi connectivity index (χ0v) is 18.2. The Balaban J connectivity index is 1.97. The molecule has 4 rings (SSSR count). The molecule has 152 valence electrons. The second-order valence-corrected chi connectivity index (χ2v) is 10.8. The third-order valence-corrected chi connectivity index (χ3v) is 9.82. The Bertz CT molecular complexity index is 983. The third-order valence-electron chi connectivity index (χ3n) is 5.39. The van der Waals surface area contributed by atoms with Gasteiger partial charge < -0.3 is 4.74 Å². The second kappa shape index (κ2) is 8.81. The van der Waals surface area contributed by atoms with Crippen molar-refractivity contribution in [2.24, 2.45) is 5.10 Å². The molecule has 0 radical (unpaired) electrons. The quantitative estimate of drug-likeness (QED) is 0.455. The Labute approximate surface area is 178 Å². The lowest BCUT2D eigenvalue weighted by atomic mass is 10.2. The minimum atomic E-state index is -2.27. The van der Waals surface area contributed by atoms with E-state index in [4.69, 9.17) is 9.84 Å². The Hall–Kier alpha value is -2.97.